The van der Waals surface area contributed by atoms with Crippen LogP contribution in [0.2, 0.25) is 5.02 Å². The number of benzene rings is 1. The van der Waals surface area contributed by atoms with Crippen molar-refractivity contribution < 1.29 is 14.3 Å². The lowest BCUT2D eigenvalue weighted by Gasteiger charge is -2.29. The average Bonchev–Trinajstić information content (AvgIpc) is 2.36. The van der Waals surface area contributed by atoms with Gasteiger partial charge in [-0.1, -0.05) is 11.6 Å². The summed E-state index contributed by atoms with van der Waals surface area (Å²) in [7, 11) is 2.89. The van der Waals surface area contributed by atoms with Gasteiger partial charge in [0.15, 0.2) is 0 Å². The predicted octanol–water partition coefficient (Wildman–Crippen LogP) is 2.97. The van der Waals surface area contributed by atoms with Gasteiger partial charge in [-0.2, -0.15) is 0 Å². The molecular weight excluding hydrogens is 289 g/mol. The molecule has 6 heteroatoms. The number of carbonyl (C=O) groups is 1. The van der Waals surface area contributed by atoms with E-state index in [1.807, 2.05) is 0 Å². The number of nitrogens with two attached hydrogens (primary N) is 1. The van der Waals surface area contributed by atoms with Crippen molar-refractivity contribution in [2.75, 3.05) is 14.2 Å². The summed E-state index contributed by atoms with van der Waals surface area (Å²) in [6, 6.07) is 4.57. The number of halogens is 2. The highest BCUT2D eigenvalue weighted by Crippen LogP contribution is 2.38. The molecule has 0 heterocycles. The number of carbonyl (C=O) groups excluding carboxylic acids is 1. The second kappa shape index (κ2) is 6.98. The molecule has 0 spiro atoms. The molecule has 0 saturated carbocycles. The van der Waals surface area contributed by atoms with Gasteiger partial charge in [0.2, 0.25) is 0 Å². The molecule has 1 atom stereocenters. The number of hydrogen-bond donors (Lipinski definition) is 1. The van der Waals surface area contributed by atoms with Crippen molar-refractivity contribution in [2.45, 2.75) is 19.9 Å². The zero-order chi connectivity index (χ0) is 13.9. The van der Waals surface area contributed by atoms with Crippen LogP contribution in [0.25, 0.3) is 0 Å². The van der Waals surface area contributed by atoms with Crippen molar-refractivity contribution in [1.82, 2.24) is 0 Å². The predicted molar refractivity (Wildman–Crippen MR) is 78.0 cm³/mol. The summed E-state index contributed by atoms with van der Waals surface area (Å²) < 4.78 is 10.0. The zero-order valence-electron chi connectivity index (χ0n) is 11.4. The average molecular weight is 308 g/mol. The Labute approximate surface area is 124 Å². The number of hydrogen-bond acceptors (Lipinski definition) is 4. The summed E-state index contributed by atoms with van der Waals surface area (Å²) in [6.07, 6.45) is 0. The van der Waals surface area contributed by atoms with Gasteiger partial charge in [0.05, 0.1) is 19.6 Å². The highest BCUT2D eigenvalue weighted by molar-refractivity contribution is 6.30. The van der Waals surface area contributed by atoms with Crippen molar-refractivity contribution in [3.8, 4) is 5.75 Å². The number of esters is 1. The second-order valence-electron chi connectivity index (χ2n) is 4.58. The Morgan fingerprint density at radius 2 is 1.95 bits per heavy atom. The van der Waals surface area contributed by atoms with Crippen LogP contribution in [-0.4, -0.2) is 20.2 Å². The molecule has 0 fully saturated rings. The van der Waals surface area contributed by atoms with Gasteiger partial charge in [-0.05, 0) is 32.0 Å². The Morgan fingerprint density at radius 1 is 1.37 bits per heavy atom. The molecule has 0 aliphatic carbocycles. The molecule has 0 radical (unpaired) electrons. The summed E-state index contributed by atoms with van der Waals surface area (Å²) >= 11 is 5.95. The van der Waals surface area contributed by atoms with E-state index in [1.54, 1.807) is 39.2 Å². The van der Waals surface area contributed by atoms with Crippen LogP contribution in [0.15, 0.2) is 18.2 Å². The fourth-order valence-corrected chi connectivity index (χ4v) is 1.91. The number of rotatable bonds is 4. The monoisotopic (exact) mass is 307 g/mol. The number of methoxy groups -OCH3 is 2. The van der Waals surface area contributed by atoms with Crippen LogP contribution in [0.4, 0.5) is 0 Å². The first-order valence-corrected chi connectivity index (χ1v) is 5.89. The van der Waals surface area contributed by atoms with Crippen LogP contribution >= 0.6 is 24.0 Å². The lowest BCUT2D eigenvalue weighted by Crippen LogP contribution is -2.37. The smallest absolute Gasteiger partial charge is 0.313 e. The van der Waals surface area contributed by atoms with Crippen molar-refractivity contribution in [2.24, 2.45) is 11.1 Å². The molecule has 0 bridgehead atoms. The maximum absolute atomic E-state index is 11.8. The van der Waals surface area contributed by atoms with Crippen LogP contribution in [0.3, 0.4) is 0 Å². The van der Waals surface area contributed by atoms with Gasteiger partial charge in [0.25, 0.3) is 0 Å². The van der Waals surface area contributed by atoms with Gasteiger partial charge in [0, 0.05) is 16.6 Å². The van der Waals surface area contributed by atoms with E-state index >= 15 is 0 Å². The Balaban J connectivity index is 0.00000324. The van der Waals surface area contributed by atoms with Crippen LogP contribution in [0, 0.1) is 5.41 Å². The standard InChI is InChI=1S/C13H18ClNO3.ClH/c1-13(2,12(16)18-4)11(15)9-7-8(14)5-6-10(9)17-3;/h5-7,11H,15H2,1-4H3;1H/t11-;/m1./s1. The minimum atomic E-state index is -0.868. The highest BCUT2D eigenvalue weighted by atomic mass is 35.5. The third kappa shape index (κ3) is 3.75. The zero-order valence-corrected chi connectivity index (χ0v) is 13.0. The van der Waals surface area contributed by atoms with Crippen LogP contribution < -0.4 is 10.5 Å². The Hall–Kier alpha value is -0.970. The molecular formula is C13H19Cl2NO3. The van der Waals surface area contributed by atoms with E-state index in [1.165, 1.54) is 7.11 Å². The molecule has 19 heavy (non-hydrogen) atoms. The quantitative estimate of drug-likeness (QED) is 0.869. The van der Waals surface area contributed by atoms with E-state index in [9.17, 15) is 4.79 Å². The van der Waals surface area contributed by atoms with Gasteiger partial charge in [-0.3, -0.25) is 4.79 Å². The third-order valence-electron chi connectivity index (χ3n) is 3.02. The van der Waals surface area contributed by atoms with E-state index in [2.05, 4.69) is 0 Å². The fraction of sp³-hybridized carbons (Fsp3) is 0.462. The minimum Gasteiger partial charge on any atom is -0.496 e. The summed E-state index contributed by atoms with van der Waals surface area (Å²) in [5.41, 5.74) is 5.97. The molecule has 0 unspecified atom stereocenters. The Bertz CT molecular complexity index is 450. The summed E-state index contributed by atoms with van der Waals surface area (Å²) in [5, 5.41) is 0.543. The summed E-state index contributed by atoms with van der Waals surface area (Å²) in [6.45, 7) is 3.45. The molecule has 0 aromatic heterocycles. The van der Waals surface area contributed by atoms with Crippen molar-refractivity contribution >= 4 is 30.0 Å². The Morgan fingerprint density at radius 3 is 2.42 bits per heavy atom. The number of ether oxygens (including phenoxy) is 2. The molecule has 1 aromatic carbocycles. The third-order valence-corrected chi connectivity index (χ3v) is 3.25. The first-order chi connectivity index (χ1) is 8.34. The Kier molecular flexibility index (Phi) is 6.63. The van der Waals surface area contributed by atoms with E-state index in [4.69, 9.17) is 26.8 Å². The van der Waals surface area contributed by atoms with Crippen LogP contribution in [0.1, 0.15) is 25.5 Å². The van der Waals surface area contributed by atoms with Crippen molar-refractivity contribution in [1.29, 1.82) is 0 Å². The lowest BCUT2D eigenvalue weighted by molar-refractivity contribution is -0.152. The van der Waals surface area contributed by atoms with E-state index in [-0.39, 0.29) is 18.4 Å². The van der Waals surface area contributed by atoms with Gasteiger partial charge in [-0.15, -0.1) is 12.4 Å². The molecule has 108 valence electrons. The van der Waals surface area contributed by atoms with Crippen LogP contribution in [-0.2, 0) is 9.53 Å². The summed E-state index contributed by atoms with van der Waals surface area (Å²) in [5.74, 6) is 0.223. The first-order valence-electron chi connectivity index (χ1n) is 5.52. The normalized spacial score (nSPS) is 12.3. The second-order valence-corrected chi connectivity index (χ2v) is 5.01. The molecule has 1 rings (SSSR count). The van der Waals surface area contributed by atoms with Crippen molar-refractivity contribution in [3.63, 3.8) is 0 Å². The molecule has 1 aromatic rings. The van der Waals surface area contributed by atoms with Crippen molar-refractivity contribution in [3.05, 3.63) is 28.8 Å². The van der Waals surface area contributed by atoms with Gasteiger partial charge >= 0.3 is 5.97 Å². The maximum Gasteiger partial charge on any atom is 0.313 e. The molecule has 0 aliphatic rings. The lowest BCUT2D eigenvalue weighted by atomic mass is 9.80. The van der Waals surface area contributed by atoms with E-state index < -0.39 is 11.5 Å². The highest BCUT2D eigenvalue weighted by Gasteiger charge is 2.38. The fourth-order valence-electron chi connectivity index (χ4n) is 1.73. The SMILES string of the molecule is COC(=O)C(C)(C)[C@H](N)c1cc(Cl)ccc1OC.Cl. The van der Waals surface area contributed by atoms with E-state index in [0.717, 1.165) is 0 Å². The topological polar surface area (TPSA) is 61.5 Å². The van der Waals surface area contributed by atoms with E-state index in [0.29, 0.717) is 16.3 Å². The molecule has 2 N–H and O–H groups in total. The molecule has 0 saturated heterocycles. The first kappa shape index (κ1) is 18.0. The van der Waals surface area contributed by atoms with Crippen LogP contribution in [0.5, 0.6) is 5.75 Å². The van der Waals surface area contributed by atoms with Gasteiger partial charge in [0.1, 0.15) is 5.75 Å². The molecule has 0 amide bonds. The molecule has 0 aliphatic heterocycles. The maximum atomic E-state index is 11.8. The van der Waals surface area contributed by atoms with Gasteiger partial charge < -0.3 is 15.2 Å². The summed E-state index contributed by atoms with van der Waals surface area (Å²) in [4.78, 5) is 11.8. The largest absolute Gasteiger partial charge is 0.496 e. The van der Waals surface area contributed by atoms with Gasteiger partial charge in [-0.25, -0.2) is 0 Å². The molecule has 4 nitrogen and oxygen atoms in total. The minimum absolute atomic E-state index is 0.